The third-order valence-corrected chi connectivity index (χ3v) is 5.04. The highest BCUT2D eigenvalue weighted by Crippen LogP contribution is 2.39. The molecule has 1 saturated carbocycles. The molecule has 1 aliphatic rings. The third-order valence-electron chi connectivity index (χ3n) is 5.04. The van der Waals surface area contributed by atoms with E-state index in [-0.39, 0.29) is 29.1 Å². The molecule has 142 valence electrons. The summed E-state index contributed by atoms with van der Waals surface area (Å²) in [4.78, 5) is 24.6. The molecule has 0 aliphatic heterocycles. The maximum atomic E-state index is 12.4. The van der Waals surface area contributed by atoms with Crippen molar-refractivity contribution in [3.05, 3.63) is 65.7 Å². The number of benzene rings is 2. The molecule has 1 aliphatic carbocycles. The van der Waals surface area contributed by atoms with Crippen LogP contribution in [0.5, 0.6) is 0 Å². The first-order chi connectivity index (χ1) is 12.8. The van der Waals surface area contributed by atoms with Crippen molar-refractivity contribution in [1.29, 1.82) is 0 Å². The highest BCUT2D eigenvalue weighted by atomic mass is 16.2. The van der Waals surface area contributed by atoms with E-state index >= 15 is 0 Å². The molecule has 2 amide bonds. The second-order valence-corrected chi connectivity index (χ2v) is 8.29. The molecule has 0 radical (unpaired) electrons. The van der Waals surface area contributed by atoms with E-state index in [1.54, 1.807) is 0 Å². The second kappa shape index (κ2) is 7.95. The predicted octanol–water partition coefficient (Wildman–Crippen LogP) is 3.92. The smallest absolute Gasteiger partial charge is 0.228 e. The molecular formula is C23H28N2O2. The van der Waals surface area contributed by atoms with Gasteiger partial charge in [0.05, 0.1) is 11.8 Å². The van der Waals surface area contributed by atoms with Gasteiger partial charge in [-0.05, 0) is 41.5 Å². The number of carbonyl (C=O) groups excluding carboxylic acids is 2. The average molecular weight is 364 g/mol. The number of anilines is 1. The lowest BCUT2D eigenvalue weighted by Crippen LogP contribution is -2.29. The lowest BCUT2D eigenvalue weighted by Gasteiger charge is -2.19. The molecule has 2 atom stereocenters. The van der Waals surface area contributed by atoms with Crippen molar-refractivity contribution in [2.24, 2.45) is 11.8 Å². The van der Waals surface area contributed by atoms with Gasteiger partial charge in [-0.2, -0.15) is 0 Å². The van der Waals surface area contributed by atoms with E-state index in [1.165, 1.54) is 11.1 Å². The quantitative estimate of drug-likeness (QED) is 0.816. The molecule has 27 heavy (non-hydrogen) atoms. The van der Waals surface area contributed by atoms with Crippen molar-refractivity contribution < 1.29 is 9.59 Å². The molecule has 3 rings (SSSR count). The predicted molar refractivity (Wildman–Crippen MR) is 109 cm³/mol. The summed E-state index contributed by atoms with van der Waals surface area (Å²) >= 11 is 0. The van der Waals surface area contributed by atoms with Gasteiger partial charge in [0.1, 0.15) is 0 Å². The van der Waals surface area contributed by atoms with Gasteiger partial charge in [-0.3, -0.25) is 9.59 Å². The summed E-state index contributed by atoms with van der Waals surface area (Å²) in [5, 5.41) is 5.88. The number of nitrogens with one attached hydrogen (secondary N) is 2. The largest absolute Gasteiger partial charge is 0.356 e. The van der Waals surface area contributed by atoms with Gasteiger partial charge in [-0.25, -0.2) is 0 Å². The molecule has 1 fully saturated rings. The van der Waals surface area contributed by atoms with E-state index in [9.17, 15) is 9.59 Å². The van der Waals surface area contributed by atoms with Gasteiger partial charge in [-0.1, -0.05) is 63.2 Å². The zero-order valence-corrected chi connectivity index (χ0v) is 16.3. The van der Waals surface area contributed by atoms with E-state index in [0.717, 1.165) is 12.1 Å². The van der Waals surface area contributed by atoms with Crippen molar-refractivity contribution >= 4 is 17.5 Å². The Kier molecular flexibility index (Phi) is 5.64. The SMILES string of the molecule is CC(C)(C)c1ccc(NC(=O)C2CC2C(=O)NCCc2ccccc2)cc1. The first-order valence-corrected chi connectivity index (χ1v) is 9.57. The maximum Gasteiger partial charge on any atom is 0.228 e. The number of hydrogen-bond donors (Lipinski definition) is 2. The summed E-state index contributed by atoms with van der Waals surface area (Å²) in [6.45, 7) is 7.07. The first-order valence-electron chi connectivity index (χ1n) is 9.57. The molecule has 0 saturated heterocycles. The minimum Gasteiger partial charge on any atom is -0.356 e. The van der Waals surface area contributed by atoms with Gasteiger partial charge >= 0.3 is 0 Å². The highest BCUT2D eigenvalue weighted by molar-refractivity contribution is 5.99. The third kappa shape index (κ3) is 5.19. The Morgan fingerprint density at radius 2 is 1.56 bits per heavy atom. The van der Waals surface area contributed by atoms with Crippen molar-refractivity contribution in [2.45, 2.75) is 39.0 Å². The summed E-state index contributed by atoms with van der Waals surface area (Å²) < 4.78 is 0. The van der Waals surface area contributed by atoms with Crippen LogP contribution in [0.2, 0.25) is 0 Å². The van der Waals surface area contributed by atoms with Crippen LogP contribution < -0.4 is 10.6 Å². The van der Waals surface area contributed by atoms with Crippen molar-refractivity contribution in [2.75, 3.05) is 11.9 Å². The van der Waals surface area contributed by atoms with Crippen molar-refractivity contribution in [3.63, 3.8) is 0 Å². The van der Waals surface area contributed by atoms with Gasteiger partial charge in [0.25, 0.3) is 0 Å². The Balaban J connectivity index is 1.43. The topological polar surface area (TPSA) is 58.2 Å². The minimum absolute atomic E-state index is 0.0193. The van der Waals surface area contributed by atoms with Crippen LogP contribution in [0.4, 0.5) is 5.69 Å². The summed E-state index contributed by atoms with van der Waals surface area (Å²) in [7, 11) is 0. The fourth-order valence-corrected chi connectivity index (χ4v) is 3.17. The van der Waals surface area contributed by atoms with Crippen LogP contribution in [0.15, 0.2) is 54.6 Å². The molecule has 4 nitrogen and oxygen atoms in total. The van der Waals surface area contributed by atoms with E-state index in [4.69, 9.17) is 0 Å². The molecule has 4 heteroatoms. The summed E-state index contributed by atoms with van der Waals surface area (Å²) in [5.74, 6) is -0.505. The summed E-state index contributed by atoms with van der Waals surface area (Å²) in [6, 6.07) is 18.0. The van der Waals surface area contributed by atoms with Gasteiger partial charge < -0.3 is 10.6 Å². The number of carbonyl (C=O) groups is 2. The minimum atomic E-state index is -0.219. The van der Waals surface area contributed by atoms with Crippen LogP contribution in [0.25, 0.3) is 0 Å². The Hall–Kier alpha value is -2.62. The Morgan fingerprint density at radius 3 is 2.19 bits per heavy atom. The van der Waals surface area contributed by atoms with Gasteiger partial charge in [0.2, 0.25) is 11.8 Å². The molecule has 2 aromatic carbocycles. The average Bonchev–Trinajstić information content (AvgIpc) is 3.43. The molecule has 0 spiro atoms. The standard InChI is InChI=1S/C23H28N2O2/c1-23(2,3)17-9-11-18(12-10-17)25-22(27)20-15-19(20)21(26)24-14-13-16-7-5-4-6-8-16/h4-12,19-20H,13-15H2,1-3H3,(H,24,26)(H,25,27). The van der Waals surface area contributed by atoms with Crippen LogP contribution in [0, 0.1) is 11.8 Å². The lowest BCUT2D eigenvalue weighted by molar-refractivity contribution is -0.125. The zero-order valence-electron chi connectivity index (χ0n) is 16.3. The van der Waals surface area contributed by atoms with Crippen LogP contribution in [0.1, 0.15) is 38.3 Å². The van der Waals surface area contributed by atoms with E-state index in [1.807, 2.05) is 54.6 Å². The van der Waals surface area contributed by atoms with Crippen LogP contribution in [0.3, 0.4) is 0 Å². The molecular weight excluding hydrogens is 336 g/mol. The molecule has 0 aromatic heterocycles. The van der Waals surface area contributed by atoms with Crippen molar-refractivity contribution in [3.8, 4) is 0 Å². The Bertz CT molecular complexity index is 791. The summed E-state index contributed by atoms with van der Waals surface area (Å²) in [6.07, 6.45) is 1.43. The molecule has 0 bridgehead atoms. The highest BCUT2D eigenvalue weighted by Gasteiger charge is 2.47. The normalized spacial score (nSPS) is 18.6. The maximum absolute atomic E-state index is 12.4. The Morgan fingerprint density at radius 1 is 0.926 bits per heavy atom. The molecule has 0 heterocycles. The van der Waals surface area contributed by atoms with E-state index < -0.39 is 0 Å². The number of rotatable bonds is 6. The number of amides is 2. The zero-order chi connectivity index (χ0) is 19.4. The monoisotopic (exact) mass is 364 g/mol. The van der Waals surface area contributed by atoms with Crippen LogP contribution >= 0.6 is 0 Å². The van der Waals surface area contributed by atoms with Crippen LogP contribution in [-0.4, -0.2) is 18.4 Å². The first kappa shape index (κ1) is 19.2. The van der Waals surface area contributed by atoms with Gasteiger partial charge in [-0.15, -0.1) is 0 Å². The van der Waals surface area contributed by atoms with Gasteiger partial charge in [0.15, 0.2) is 0 Å². The Labute approximate surface area is 161 Å². The molecule has 2 aromatic rings. The van der Waals surface area contributed by atoms with E-state index in [0.29, 0.717) is 13.0 Å². The van der Waals surface area contributed by atoms with Crippen molar-refractivity contribution in [1.82, 2.24) is 5.32 Å². The van der Waals surface area contributed by atoms with E-state index in [2.05, 4.69) is 31.4 Å². The van der Waals surface area contributed by atoms with Crippen LogP contribution in [-0.2, 0) is 21.4 Å². The molecule has 2 N–H and O–H groups in total. The lowest BCUT2D eigenvalue weighted by atomic mass is 9.87. The fraction of sp³-hybridized carbons (Fsp3) is 0.391. The molecule has 2 unspecified atom stereocenters. The van der Waals surface area contributed by atoms with Gasteiger partial charge in [0, 0.05) is 12.2 Å². The summed E-state index contributed by atoms with van der Waals surface area (Å²) in [5.41, 5.74) is 3.29. The fourth-order valence-electron chi connectivity index (χ4n) is 3.17. The number of hydrogen-bond acceptors (Lipinski definition) is 2. The second-order valence-electron chi connectivity index (χ2n) is 8.29.